The van der Waals surface area contributed by atoms with Crippen LogP contribution in [0.5, 0.6) is 5.75 Å². The number of anilines is 1. The van der Waals surface area contributed by atoms with Gasteiger partial charge in [-0.05, 0) is 6.07 Å². The van der Waals surface area contributed by atoms with Gasteiger partial charge in [-0.3, -0.25) is 10.1 Å². The highest BCUT2D eigenvalue weighted by atomic mass is 16.6. The number of nitrogens with zero attached hydrogens (tertiary/aromatic N) is 2. The fourth-order valence-electron chi connectivity index (χ4n) is 2.03. The van der Waals surface area contributed by atoms with Gasteiger partial charge in [-0.2, -0.15) is 0 Å². The van der Waals surface area contributed by atoms with E-state index in [1.54, 1.807) is 6.07 Å². The third-order valence-electron chi connectivity index (χ3n) is 2.89. The van der Waals surface area contributed by atoms with Gasteiger partial charge in [-0.1, -0.05) is 0 Å². The van der Waals surface area contributed by atoms with Crippen molar-refractivity contribution in [3.8, 4) is 5.75 Å². The van der Waals surface area contributed by atoms with Gasteiger partial charge in [0, 0.05) is 13.1 Å². The van der Waals surface area contributed by atoms with E-state index in [1.165, 1.54) is 6.07 Å². The molecule has 0 atom stereocenters. The molecule has 0 aromatic heterocycles. The van der Waals surface area contributed by atoms with E-state index in [0.717, 1.165) is 5.69 Å². The Morgan fingerprint density at radius 2 is 2.33 bits per heavy atom. The average Bonchev–Trinajstić information content (AvgIpc) is 2.38. The first-order valence-electron chi connectivity index (χ1n) is 5.67. The second-order valence-electron chi connectivity index (χ2n) is 3.99. The number of hydrogen-bond acceptors (Lipinski definition) is 6. The number of hydrogen-bond donors (Lipinski definition) is 2. The lowest BCUT2D eigenvalue weighted by molar-refractivity contribution is -0.385. The zero-order valence-electron chi connectivity index (χ0n) is 9.83. The van der Waals surface area contributed by atoms with Crippen molar-refractivity contribution in [1.82, 2.24) is 0 Å². The smallest absolute Gasteiger partial charge is 0.278 e. The zero-order chi connectivity index (χ0) is 13.1. The minimum atomic E-state index is -0.517. The number of nitro groups is 1. The maximum Gasteiger partial charge on any atom is 0.278 e. The highest BCUT2D eigenvalue weighted by molar-refractivity contribution is 5.66. The van der Waals surface area contributed by atoms with Crippen LogP contribution < -0.4 is 15.4 Å². The molecule has 0 fully saturated rings. The van der Waals surface area contributed by atoms with Crippen LogP contribution in [0, 0.1) is 10.1 Å². The summed E-state index contributed by atoms with van der Waals surface area (Å²) in [6, 6.07) is 2.96. The molecule has 7 heteroatoms. The Kier molecular flexibility index (Phi) is 3.63. The van der Waals surface area contributed by atoms with E-state index in [-0.39, 0.29) is 17.9 Å². The topological polar surface area (TPSA) is 102 Å². The molecular weight excluding hydrogens is 238 g/mol. The van der Waals surface area contributed by atoms with Crippen LogP contribution in [0.4, 0.5) is 11.4 Å². The van der Waals surface area contributed by atoms with Gasteiger partial charge in [0.1, 0.15) is 12.4 Å². The number of fused-ring (bicyclic) bond motifs is 1. The molecule has 1 aliphatic rings. The minimum Gasteiger partial charge on any atom is -0.489 e. The largest absolute Gasteiger partial charge is 0.489 e. The predicted octanol–water partition coefficient (Wildman–Crippen LogP) is 0.245. The van der Waals surface area contributed by atoms with Crippen molar-refractivity contribution in [2.24, 2.45) is 5.73 Å². The highest BCUT2D eigenvalue weighted by Crippen LogP contribution is 2.37. The van der Waals surface area contributed by atoms with Crippen molar-refractivity contribution >= 4 is 11.4 Å². The van der Waals surface area contributed by atoms with Crippen LogP contribution in [0.3, 0.4) is 0 Å². The molecule has 0 saturated heterocycles. The number of benzene rings is 1. The normalized spacial score (nSPS) is 14.0. The first kappa shape index (κ1) is 12.6. The van der Waals surface area contributed by atoms with Crippen LogP contribution >= 0.6 is 0 Å². The van der Waals surface area contributed by atoms with E-state index in [4.69, 9.17) is 10.5 Å². The molecular formula is C11H15N3O4. The molecule has 18 heavy (non-hydrogen) atoms. The summed E-state index contributed by atoms with van der Waals surface area (Å²) in [7, 11) is 0. The summed E-state index contributed by atoms with van der Waals surface area (Å²) >= 11 is 0. The first-order chi connectivity index (χ1) is 8.67. The summed E-state index contributed by atoms with van der Waals surface area (Å²) in [5.41, 5.74) is 6.44. The monoisotopic (exact) mass is 253 g/mol. The predicted molar refractivity (Wildman–Crippen MR) is 65.8 cm³/mol. The molecule has 1 heterocycles. The van der Waals surface area contributed by atoms with Gasteiger partial charge in [-0.25, -0.2) is 0 Å². The second-order valence-corrected chi connectivity index (χ2v) is 3.99. The van der Waals surface area contributed by atoms with Crippen molar-refractivity contribution in [1.29, 1.82) is 0 Å². The lowest BCUT2D eigenvalue weighted by Crippen LogP contribution is -2.36. The maximum atomic E-state index is 10.9. The summed E-state index contributed by atoms with van der Waals surface area (Å²) in [4.78, 5) is 12.4. The van der Waals surface area contributed by atoms with Gasteiger partial charge < -0.3 is 20.5 Å². The third-order valence-corrected chi connectivity index (χ3v) is 2.89. The molecule has 0 amide bonds. The summed E-state index contributed by atoms with van der Waals surface area (Å²) in [5, 5.41) is 20.1. The fourth-order valence-corrected chi connectivity index (χ4v) is 2.03. The molecule has 0 unspecified atom stereocenters. The number of nitrogens with two attached hydrogens (primary N) is 1. The quantitative estimate of drug-likeness (QED) is 0.589. The number of aliphatic hydroxyl groups is 1. The molecule has 0 saturated carbocycles. The Labute approximate surface area is 104 Å². The van der Waals surface area contributed by atoms with E-state index in [9.17, 15) is 15.2 Å². The molecule has 1 aliphatic heterocycles. The molecule has 2 rings (SSSR count). The summed E-state index contributed by atoms with van der Waals surface area (Å²) in [6.07, 6.45) is 0. The lowest BCUT2D eigenvalue weighted by atomic mass is 10.1. The number of nitro benzene ring substituents is 1. The molecule has 0 spiro atoms. The van der Waals surface area contributed by atoms with E-state index in [2.05, 4.69) is 0 Å². The fraction of sp³-hybridized carbons (Fsp3) is 0.455. The van der Waals surface area contributed by atoms with Crippen molar-refractivity contribution in [2.45, 2.75) is 6.61 Å². The molecule has 0 bridgehead atoms. The highest BCUT2D eigenvalue weighted by Gasteiger charge is 2.24. The van der Waals surface area contributed by atoms with Crippen molar-refractivity contribution in [3.05, 3.63) is 27.8 Å². The van der Waals surface area contributed by atoms with Crippen molar-refractivity contribution < 1.29 is 14.8 Å². The molecule has 7 nitrogen and oxygen atoms in total. The van der Waals surface area contributed by atoms with Crippen LogP contribution in [0.25, 0.3) is 0 Å². The minimum absolute atomic E-state index is 0.120. The number of rotatable bonds is 4. The van der Waals surface area contributed by atoms with E-state index < -0.39 is 4.92 Å². The Morgan fingerprint density at radius 3 is 2.94 bits per heavy atom. The van der Waals surface area contributed by atoms with Gasteiger partial charge in [0.05, 0.1) is 35.4 Å². The molecule has 1 aromatic carbocycles. The van der Waals surface area contributed by atoms with Gasteiger partial charge in [-0.15, -0.1) is 0 Å². The molecule has 98 valence electrons. The number of aliphatic hydroxyl groups excluding tert-OH is 1. The Morgan fingerprint density at radius 1 is 1.56 bits per heavy atom. The third kappa shape index (κ3) is 2.22. The summed E-state index contributed by atoms with van der Waals surface area (Å²) in [5.74, 6) is 0.471. The summed E-state index contributed by atoms with van der Waals surface area (Å²) in [6.45, 7) is 1.93. The van der Waals surface area contributed by atoms with Gasteiger partial charge in [0.2, 0.25) is 0 Å². The van der Waals surface area contributed by atoms with E-state index in [1.807, 2.05) is 4.90 Å². The first-order valence-corrected chi connectivity index (χ1v) is 5.67. The number of ether oxygens (including phenoxy) is 1. The second kappa shape index (κ2) is 5.19. The van der Waals surface area contributed by atoms with E-state index in [0.29, 0.717) is 32.0 Å². The van der Waals surface area contributed by atoms with Gasteiger partial charge in [0.15, 0.2) is 0 Å². The van der Waals surface area contributed by atoms with Crippen molar-refractivity contribution in [2.75, 3.05) is 31.1 Å². The Balaban J connectivity index is 2.46. The standard InChI is InChI=1S/C11H15N3O4/c12-1-2-13-3-4-18-11-6-9(14(16)17)8(7-15)5-10(11)13/h5-6,15H,1-4,7,12H2. The van der Waals surface area contributed by atoms with Crippen LogP contribution in [-0.4, -0.2) is 36.3 Å². The van der Waals surface area contributed by atoms with Gasteiger partial charge in [0.25, 0.3) is 5.69 Å². The van der Waals surface area contributed by atoms with Crippen molar-refractivity contribution in [3.63, 3.8) is 0 Å². The summed E-state index contributed by atoms with van der Waals surface area (Å²) < 4.78 is 5.42. The molecule has 0 aliphatic carbocycles. The van der Waals surface area contributed by atoms with Crippen LogP contribution in [-0.2, 0) is 6.61 Å². The van der Waals surface area contributed by atoms with Crippen LogP contribution in [0.1, 0.15) is 5.56 Å². The van der Waals surface area contributed by atoms with Crippen LogP contribution in [0.2, 0.25) is 0 Å². The SMILES string of the molecule is NCCN1CCOc2cc([N+](=O)[O-])c(CO)cc21. The van der Waals surface area contributed by atoms with Gasteiger partial charge >= 0.3 is 0 Å². The molecule has 0 radical (unpaired) electrons. The average molecular weight is 253 g/mol. The maximum absolute atomic E-state index is 10.9. The lowest BCUT2D eigenvalue weighted by Gasteiger charge is -2.31. The Bertz CT molecular complexity index is 464. The molecule has 1 aromatic rings. The zero-order valence-corrected chi connectivity index (χ0v) is 9.83. The van der Waals surface area contributed by atoms with Crippen LogP contribution in [0.15, 0.2) is 12.1 Å². The molecule has 3 N–H and O–H groups in total. The van der Waals surface area contributed by atoms with E-state index >= 15 is 0 Å². The Hall–Kier alpha value is -1.86.